The Bertz CT molecular complexity index is 1060. The highest BCUT2D eigenvalue weighted by atomic mass is 35.5. The Morgan fingerprint density at radius 3 is 2.50 bits per heavy atom. The molecule has 3 saturated heterocycles. The molecule has 3 atom stereocenters. The summed E-state index contributed by atoms with van der Waals surface area (Å²) >= 11 is 12.2. The van der Waals surface area contributed by atoms with Crippen LogP contribution in [0.5, 0.6) is 0 Å². The minimum atomic E-state index is -0.446. The summed E-state index contributed by atoms with van der Waals surface area (Å²) in [5, 5.41) is 4.38. The Kier molecular flexibility index (Phi) is 5.53. The van der Waals surface area contributed by atoms with E-state index in [4.69, 9.17) is 23.2 Å². The minimum absolute atomic E-state index is 0.148. The zero-order chi connectivity index (χ0) is 22.6. The number of rotatable bonds is 3. The monoisotopic (exact) mass is 473 g/mol. The van der Waals surface area contributed by atoms with Crippen LogP contribution in [0.25, 0.3) is 0 Å². The Balaban J connectivity index is 1.43. The van der Waals surface area contributed by atoms with Crippen LogP contribution in [0.4, 0.5) is 10.5 Å². The number of nitrogens with zero attached hydrogens (tertiary/aromatic N) is 4. The third-order valence-electron chi connectivity index (χ3n) is 6.56. The van der Waals surface area contributed by atoms with Crippen molar-refractivity contribution in [1.82, 2.24) is 20.0 Å². The van der Waals surface area contributed by atoms with E-state index in [0.29, 0.717) is 10.0 Å². The van der Waals surface area contributed by atoms with Crippen LogP contribution in [0.1, 0.15) is 17.5 Å². The van der Waals surface area contributed by atoms with Gasteiger partial charge in [-0.15, -0.1) is 0 Å². The predicted molar refractivity (Wildman–Crippen MR) is 125 cm³/mol. The van der Waals surface area contributed by atoms with Gasteiger partial charge < -0.3 is 9.80 Å². The second kappa shape index (κ2) is 8.23. The number of imide groups is 1. The van der Waals surface area contributed by atoms with Crippen molar-refractivity contribution in [2.75, 3.05) is 25.0 Å². The number of carbonyl (C=O) groups excluding carboxylic acids is 2. The summed E-state index contributed by atoms with van der Waals surface area (Å²) in [6, 6.07) is 12.8. The van der Waals surface area contributed by atoms with E-state index in [1.54, 1.807) is 30.1 Å². The normalized spacial score (nSPS) is 25.9. The average Bonchev–Trinajstić information content (AvgIpc) is 3.18. The van der Waals surface area contributed by atoms with Crippen LogP contribution < -0.4 is 10.2 Å². The molecular formula is C23H25Cl2N5O2. The van der Waals surface area contributed by atoms with Crippen molar-refractivity contribution in [3.05, 3.63) is 63.6 Å². The number of anilines is 1. The number of amides is 3. The van der Waals surface area contributed by atoms with Crippen LogP contribution in [-0.2, 0) is 11.3 Å². The van der Waals surface area contributed by atoms with Crippen molar-refractivity contribution in [2.45, 2.75) is 38.4 Å². The lowest BCUT2D eigenvalue weighted by molar-refractivity contribution is -0.139. The minimum Gasteiger partial charge on any atom is -0.343 e. The fourth-order valence-corrected chi connectivity index (χ4v) is 5.21. The zero-order valence-corrected chi connectivity index (χ0v) is 19.5. The summed E-state index contributed by atoms with van der Waals surface area (Å²) in [5.74, 6) is -0.190. The van der Waals surface area contributed by atoms with Gasteiger partial charge in [-0.3, -0.25) is 19.9 Å². The maximum atomic E-state index is 13.6. The summed E-state index contributed by atoms with van der Waals surface area (Å²) in [6.07, 6.45) is 0.411. The highest BCUT2D eigenvalue weighted by Gasteiger charge is 2.56. The molecule has 3 heterocycles. The number of urea groups is 1. The Hall–Kier alpha value is -2.32. The van der Waals surface area contributed by atoms with Crippen LogP contribution >= 0.6 is 23.2 Å². The van der Waals surface area contributed by atoms with Crippen molar-refractivity contribution in [2.24, 2.45) is 0 Å². The van der Waals surface area contributed by atoms with Crippen LogP contribution in [0.3, 0.4) is 0 Å². The van der Waals surface area contributed by atoms with Crippen molar-refractivity contribution < 1.29 is 9.59 Å². The number of carbonyl (C=O) groups is 2. The molecule has 3 fully saturated rings. The number of hydrogen-bond acceptors (Lipinski definition) is 5. The zero-order valence-electron chi connectivity index (χ0n) is 18.0. The molecule has 0 spiro atoms. The van der Waals surface area contributed by atoms with Gasteiger partial charge in [-0.25, -0.2) is 4.79 Å². The molecule has 0 aromatic heterocycles. The number of halogens is 2. The van der Waals surface area contributed by atoms with Crippen molar-refractivity contribution >= 4 is 40.8 Å². The maximum absolute atomic E-state index is 13.6. The van der Waals surface area contributed by atoms with Gasteiger partial charge in [0.2, 0.25) is 0 Å². The lowest BCUT2D eigenvalue weighted by Crippen LogP contribution is -2.66. The van der Waals surface area contributed by atoms with E-state index in [2.05, 4.69) is 46.3 Å². The van der Waals surface area contributed by atoms with Crippen molar-refractivity contribution in [3.63, 3.8) is 0 Å². The fourth-order valence-electron chi connectivity index (χ4n) is 4.89. The molecule has 0 saturated carbocycles. The topological polar surface area (TPSA) is 59.1 Å². The summed E-state index contributed by atoms with van der Waals surface area (Å²) in [7, 11) is 1.75. The number of fused-ring (bicyclic) bond motifs is 3. The van der Waals surface area contributed by atoms with E-state index in [1.807, 2.05) is 0 Å². The molecule has 3 amide bonds. The molecule has 3 aliphatic rings. The third-order valence-corrected chi connectivity index (χ3v) is 7.30. The quantitative estimate of drug-likeness (QED) is 0.739. The molecule has 1 N–H and O–H groups in total. The second-order valence-electron chi connectivity index (χ2n) is 8.62. The first kappa shape index (κ1) is 21.5. The molecule has 2 aromatic carbocycles. The molecule has 0 bridgehead atoms. The van der Waals surface area contributed by atoms with Gasteiger partial charge in [0.15, 0.2) is 0 Å². The molecule has 0 aliphatic carbocycles. The van der Waals surface area contributed by atoms with Crippen molar-refractivity contribution in [3.8, 4) is 0 Å². The molecule has 32 heavy (non-hydrogen) atoms. The lowest BCUT2D eigenvalue weighted by atomic mass is 10.1. The van der Waals surface area contributed by atoms with E-state index in [1.165, 1.54) is 10.5 Å². The molecule has 3 aliphatic heterocycles. The van der Waals surface area contributed by atoms with Gasteiger partial charge in [0.1, 0.15) is 18.5 Å². The van der Waals surface area contributed by atoms with Crippen LogP contribution in [0.15, 0.2) is 42.5 Å². The van der Waals surface area contributed by atoms with Gasteiger partial charge in [0, 0.05) is 25.8 Å². The molecule has 9 heteroatoms. The fraction of sp³-hybridized carbons (Fsp3) is 0.391. The maximum Gasteiger partial charge on any atom is 0.328 e. The molecule has 3 unspecified atom stereocenters. The summed E-state index contributed by atoms with van der Waals surface area (Å²) in [5.41, 5.74) is 3.06. The summed E-state index contributed by atoms with van der Waals surface area (Å²) in [4.78, 5) is 34.1. The molecule has 2 aromatic rings. The SMILES string of the molecule is Cc1ccc(N2CCCN3C4C(=O)N(Cc5ccc(Cl)c(Cl)c5)C(=O)N(C)C4NC23)cc1. The number of nitrogens with one attached hydrogen (secondary N) is 1. The molecule has 168 valence electrons. The smallest absolute Gasteiger partial charge is 0.328 e. The highest BCUT2D eigenvalue weighted by Crippen LogP contribution is 2.34. The number of benzene rings is 2. The van der Waals surface area contributed by atoms with Gasteiger partial charge in [-0.05, 0) is 43.2 Å². The average molecular weight is 474 g/mol. The van der Waals surface area contributed by atoms with E-state index in [0.717, 1.165) is 30.8 Å². The van der Waals surface area contributed by atoms with Crippen LogP contribution in [0, 0.1) is 6.92 Å². The first-order chi connectivity index (χ1) is 15.3. The van der Waals surface area contributed by atoms with Crippen molar-refractivity contribution in [1.29, 1.82) is 0 Å². The summed E-state index contributed by atoms with van der Waals surface area (Å²) in [6.45, 7) is 3.89. The molecular weight excluding hydrogens is 449 g/mol. The van der Waals surface area contributed by atoms with Gasteiger partial charge in [0.05, 0.1) is 16.6 Å². The highest BCUT2D eigenvalue weighted by molar-refractivity contribution is 6.42. The number of aryl methyl sites for hydroxylation is 1. The van der Waals surface area contributed by atoms with Gasteiger partial charge in [0.25, 0.3) is 5.91 Å². The van der Waals surface area contributed by atoms with Crippen LogP contribution in [0.2, 0.25) is 10.0 Å². The van der Waals surface area contributed by atoms with Gasteiger partial charge >= 0.3 is 6.03 Å². The second-order valence-corrected chi connectivity index (χ2v) is 9.43. The predicted octanol–water partition coefficient (Wildman–Crippen LogP) is 3.49. The van der Waals surface area contributed by atoms with E-state index >= 15 is 0 Å². The number of likely N-dealkylation sites (N-methyl/N-ethyl adjacent to an activating group) is 1. The third kappa shape index (κ3) is 3.53. The summed E-state index contributed by atoms with van der Waals surface area (Å²) < 4.78 is 0. The van der Waals surface area contributed by atoms with Crippen LogP contribution in [-0.4, -0.2) is 65.3 Å². The molecule has 5 rings (SSSR count). The van der Waals surface area contributed by atoms with E-state index in [-0.39, 0.29) is 30.9 Å². The number of hydrogen-bond donors (Lipinski definition) is 1. The largest absolute Gasteiger partial charge is 0.343 e. The van der Waals surface area contributed by atoms with Gasteiger partial charge in [-0.2, -0.15) is 0 Å². The van der Waals surface area contributed by atoms with E-state index in [9.17, 15) is 9.59 Å². The Labute approximate surface area is 197 Å². The molecule has 7 nitrogen and oxygen atoms in total. The molecule has 0 radical (unpaired) electrons. The lowest BCUT2D eigenvalue weighted by Gasteiger charge is -2.44. The Morgan fingerprint density at radius 1 is 1.03 bits per heavy atom. The first-order valence-corrected chi connectivity index (χ1v) is 11.5. The first-order valence-electron chi connectivity index (χ1n) is 10.7. The standard InChI is InChI=1S/C23H25Cl2N5O2/c1-14-4-7-16(8-5-14)28-10-3-11-29-19-20(26-22(28)29)27(2)23(32)30(21(19)31)13-15-6-9-17(24)18(25)12-15/h4-9,12,19-20,22,26H,3,10-11,13H2,1-2H3. The van der Waals surface area contributed by atoms with E-state index < -0.39 is 6.04 Å². The Morgan fingerprint density at radius 2 is 1.78 bits per heavy atom. The van der Waals surface area contributed by atoms with Gasteiger partial charge in [-0.1, -0.05) is 47.0 Å².